The molecule has 0 spiro atoms. The molecule has 0 saturated heterocycles. The maximum atomic E-state index is 12.4. The number of aliphatic hydroxyl groups is 1. The highest BCUT2D eigenvalue weighted by molar-refractivity contribution is 9.10. The van der Waals surface area contributed by atoms with Crippen molar-refractivity contribution in [1.29, 1.82) is 0 Å². The average molecular weight is 350 g/mol. The first-order chi connectivity index (χ1) is 10.0. The summed E-state index contributed by atoms with van der Waals surface area (Å²) in [7, 11) is 1.52. The van der Waals surface area contributed by atoms with E-state index in [1.54, 1.807) is 43.3 Å². The number of ether oxygens (including phenoxy) is 1. The van der Waals surface area contributed by atoms with E-state index in [9.17, 15) is 9.90 Å². The van der Waals surface area contributed by atoms with Crippen LogP contribution in [-0.4, -0.2) is 18.1 Å². The van der Waals surface area contributed by atoms with Gasteiger partial charge in [-0.1, -0.05) is 28.1 Å². The van der Waals surface area contributed by atoms with Gasteiger partial charge in [0, 0.05) is 10.2 Å². The largest absolute Gasteiger partial charge is 0.496 e. The molecule has 0 bridgehead atoms. The smallest absolute Gasteiger partial charge is 0.259 e. The average Bonchev–Trinajstić information content (AvgIpc) is 2.47. The Morgan fingerprint density at radius 3 is 2.71 bits per heavy atom. The van der Waals surface area contributed by atoms with Crippen LogP contribution < -0.4 is 10.1 Å². The van der Waals surface area contributed by atoms with Gasteiger partial charge in [-0.25, -0.2) is 0 Å². The quantitative estimate of drug-likeness (QED) is 0.883. The Kier molecular flexibility index (Phi) is 4.98. The van der Waals surface area contributed by atoms with E-state index in [0.717, 1.165) is 10.0 Å². The molecule has 0 heterocycles. The van der Waals surface area contributed by atoms with Crippen molar-refractivity contribution < 1.29 is 14.6 Å². The lowest BCUT2D eigenvalue weighted by Crippen LogP contribution is -2.13. The van der Waals surface area contributed by atoms with E-state index in [2.05, 4.69) is 21.2 Å². The van der Waals surface area contributed by atoms with Crippen LogP contribution in [0.15, 0.2) is 46.9 Å². The minimum absolute atomic E-state index is 0.268. The van der Waals surface area contributed by atoms with E-state index in [-0.39, 0.29) is 5.91 Å². The molecule has 0 aliphatic rings. The van der Waals surface area contributed by atoms with Crippen molar-refractivity contribution in [2.24, 2.45) is 0 Å². The molecule has 0 aliphatic heterocycles. The third kappa shape index (κ3) is 3.83. The number of rotatable bonds is 4. The molecule has 2 aromatic rings. The molecule has 2 N–H and O–H groups in total. The first-order valence-corrected chi connectivity index (χ1v) is 7.23. The summed E-state index contributed by atoms with van der Waals surface area (Å²) in [6, 6.07) is 12.3. The SMILES string of the molecule is COc1ccc(Br)cc1C(=O)Nc1cccc(C(C)O)c1. The van der Waals surface area contributed by atoms with Crippen molar-refractivity contribution in [3.8, 4) is 5.75 Å². The van der Waals surface area contributed by atoms with Gasteiger partial charge in [0.1, 0.15) is 5.75 Å². The van der Waals surface area contributed by atoms with Crippen molar-refractivity contribution in [1.82, 2.24) is 0 Å². The summed E-state index contributed by atoms with van der Waals surface area (Å²) in [5, 5.41) is 12.4. The Morgan fingerprint density at radius 1 is 1.29 bits per heavy atom. The van der Waals surface area contributed by atoms with Crippen LogP contribution in [0, 0.1) is 0 Å². The third-order valence-electron chi connectivity index (χ3n) is 3.03. The van der Waals surface area contributed by atoms with E-state index in [4.69, 9.17) is 4.74 Å². The molecule has 1 amide bonds. The molecule has 2 rings (SSSR count). The molecule has 0 aliphatic carbocycles. The number of halogens is 1. The molecule has 0 fully saturated rings. The van der Waals surface area contributed by atoms with Gasteiger partial charge in [0.25, 0.3) is 5.91 Å². The van der Waals surface area contributed by atoms with Crippen LogP contribution in [0.1, 0.15) is 28.9 Å². The fourth-order valence-electron chi connectivity index (χ4n) is 1.93. The second-order valence-electron chi connectivity index (χ2n) is 4.60. The fourth-order valence-corrected chi connectivity index (χ4v) is 2.29. The molecule has 0 radical (unpaired) electrons. The summed E-state index contributed by atoms with van der Waals surface area (Å²) < 4.78 is 6.00. The lowest BCUT2D eigenvalue weighted by molar-refractivity contribution is 0.102. The van der Waals surface area contributed by atoms with Gasteiger partial charge in [0.2, 0.25) is 0 Å². The van der Waals surface area contributed by atoms with Gasteiger partial charge in [0.05, 0.1) is 18.8 Å². The highest BCUT2D eigenvalue weighted by Gasteiger charge is 2.13. The van der Waals surface area contributed by atoms with E-state index in [0.29, 0.717) is 17.0 Å². The second-order valence-corrected chi connectivity index (χ2v) is 5.52. The molecular weight excluding hydrogens is 334 g/mol. The molecule has 2 aromatic carbocycles. The first kappa shape index (κ1) is 15.5. The van der Waals surface area contributed by atoms with E-state index < -0.39 is 6.10 Å². The minimum atomic E-state index is -0.581. The van der Waals surface area contributed by atoms with Crippen LogP contribution in [0.2, 0.25) is 0 Å². The standard InChI is InChI=1S/C16H16BrNO3/c1-10(19)11-4-3-5-13(8-11)18-16(20)14-9-12(17)6-7-15(14)21-2/h3-10,19H,1-2H3,(H,18,20). The van der Waals surface area contributed by atoms with Gasteiger partial charge in [0.15, 0.2) is 0 Å². The van der Waals surface area contributed by atoms with Gasteiger partial charge in [-0.05, 0) is 42.8 Å². The van der Waals surface area contributed by atoms with Crippen molar-refractivity contribution in [2.45, 2.75) is 13.0 Å². The molecular formula is C16H16BrNO3. The Balaban J connectivity index is 2.26. The number of amides is 1. The lowest BCUT2D eigenvalue weighted by atomic mass is 10.1. The van der Waals surface area contributed by atoms with Crippen molar-refractivity contribution in [3.05, 3.63) is 58.1 Å². The Morgan fingerprint density at radius 2 is 2.05 bits per heavy atom. The molecule has 1 atom stereocenters. The van der Waals surface area contributed by atoms with Gasteiger partial charge in [-0.3, -0.25) is 4.79 Å². The topological polar surface area (TPSA) is 58.6 Å². The molecule has 110 valence electrons. The fraction of sp³-hybridized carbons (Fsp3) is 0.188. The number of hydrogen-bond donors (Lipinski definition) is 2. The number of methoxy groups -OCH3 is 1. The number of aliphatic hydroxyl groups excluding tert-OH is 1. The number of carbonyl (C=O) groups is 1. The number of hydrogen-bond acceptors (Lipinski definition) is 3. The van der Waals surface area contributed by atoms with Crippen molar-refractivity contribution in [3.63, 3.8) is 0 Å². The zero-order chi connectivity index (χ0) is 15.4. The highest BCUT2D eigenvalue weighted by Crippen LogP contribution is 2.24. The summed E-state index contributed by atoms with van der Waals surface area (Å²) in [4.78, 5) is 12.4. The van der Waals surface area contributed by atoms with Crippen LogP contribution in [0.25, 0.3) is 0 Å². The highest BCUT2D eigenvalue weighted by atomic mass is 79.9. The molecule has 5 heteroatoms. The minimum Gasteiger partial charge on any atom is -0.496 e. The van der Waals surface area contributed by atoms with Crippen molar-refractivity contribution >= 4 is 27.5 Å². The maximum Gasteiger partial charge on any atom is 0.259 e. The summed E-state index contributed by atoms with van der Waals surface area (Å²) in [6.07, 6.45) is -0.581. The van der Waals surface area contributed by atoms with Crippen LogP contribution >= 0.6 is 15.9 Å². The third-order valence-corrected chi connectivity index (χ3v) is 3.53. The Bertz CT molecular complexity index is 656. The molecule has 0 aromatic heterocycles. The van der Waals surface area contributed by atoms with Crippen LogP contribution in [0.4, 0.5) is 5.69 Å². The van der Waals surface area contributed by atoms with E-state index >= 15 is 0 Å². The van der Waals surface area contributed by atoms with Crippen LogP contribution in [-0.2, 0) is 0 Å². The van der Waals surface area contributed by atoms with E-state index in [1.807, 2.05) is 6.07 Å². The number of carbonyl (C=O) groups excluding carboxylic acids is 1. The number of anilines is 1. The Hall–Kier alpha value is -1.85. The Labute approximate surface area is 131 Å². The van der Waals surface area contributed by atoms with Crippen molar-refractivity contribution in [2.75, 3.05) is 12.4 Å². The summed E-state index contributed by atoms with van der Waals surface area (Å²) in [5.74, 6) is 0.235. The monoisotopic (exact) mass is 349 g/mol. The molecule has 1 unspecified atom stereocenters. The summed E-state index contributed by atoms with van der Waals surface area (Å²) >= 11 is 3.34. The normalized spacial score (nSPS) is 11.8. The van der Waals surface area contributed by atoms with Crippen LogP contribution in [0.5, 0.6) is 5.75 Å². The second kappa shape index (κ2) is 6.74. The molecule has 21 heavy (non-hydrogen) atoms. The summed E-state index contributed by atoms with van der Waals surface area (Å²) in [6.45, 7) is 1.68. The molecule has 0 saturated carbocycles. The number of benzene rings is 2. The van der Waals surface area contributed by atoms with Crippen LogP contribution in [0.3, 0.4) is 0 Å². The molecule has 4 nitrogen and oxygen atoms in total. The summed E-state index contributed by atoms with van der Waals surface area (Å²) in [5.41, 5.74) is 1.81. The van der Waals surface area contributed by atoms with Gasteiger partial charge >= 0.3 is 0 Å². The lowest BCUT2D eigenvalue weighted by Gasteiger charge is -2.11. The predicted molar refractivity (Wildman–Crippen MR) is 85.7 cm³/mol. The number of nitrogens with one attached hydrogen (secondary N) is 1. The van der Waals surface area contributed by atoms with Gasteiger partial charge in [-0.15, -0.1) is 0 Å². The zero-order valence-electron chi connectivity index (χ0n) is 11.8. The van der Waals surface area contributed by atoms with Gasteiger partial charge < -0.3 is 15.2 Å². The van der Waals surface area contributed by atoms with Gasteiger partial charge in [-0.2, -0.15) is 0 Å². The maximum absolute atomic E-state index is 12.4. The van der Waals surface area contributed by atoms with E-state index in [1.165, 1.54) is 7.11 Å². The zero-order valence-corrected chi connectivity index (χ0v) is 13.3. The predicted octanol–water partition coefficient (Wildman–Crippen LogP) is 3.76. The first-order valence-electron chi connectivity index (χ1n) is 6.44.